The van der Waals surface area contributed by atoms with Crippen molar-refractivity contribution in [1.29, 1.82) is 0 Å². The fraction of sp³-hybridized carbons (Fsp3) is 0.350. The Balaban J connectivity index is 2.06. The predicted molar refractivity (Wildman–Crippen MR) is 114 cm³/mol. The summed E-state index contributed by atoms with van der Waals surface area (Å²) in [6.07, 6.45) is -4.66. The molecule has 0 fully saturated rings. The van der Waals surface area contributed by atoms with Crippen molar-refractivity contribution < 1.29 is 17.6 Å². The molecular formula is C20H20ClF4N5S. The minimum Gasteiger partial charge on any atom is -0.316 e. The number of nitrogens with zero attached hydrogens (tertiary/aromatic N) is 4. The highest BCUT2D eigenvalue weighted by Crippen LogP contribution is 2.37. The molecule has 1 aromatic carbocycles. The van der Waals surface area contributed by atoms with Crippen molar-refractivity contribution in [1.82, 2.24) is 19.9 Å². The van der Waals surface area contributed by atoms with Crippen LogP contribution in [0, 0.1) is 12.7 Å². The second-order valence-corrected chi connectivity index (χ2v) is 8.20. The number of alkyl halides is 3. The molecule has 0 amide bonds. The van der Waals surface area contributed by atoms with E-state index < -0.39 is 17.6 Å². The van der Waals surface area contributed by atoms with E-state index in [9.17, 15) is 17.6 Å². The molecular weight excluding hydrogens is 454 g/mol. The first-order valence-corrected chi connectivity index (χ1v) is 10.7. The van der Waals surface area contributed by atoms with Crippen molar-refractivity contribution in [2.75, 3.05) is 18.4 Å². The minimum absolute atomic E-state index is 0.0654. The molecule has 5 nitrogen and oxygen atoms in total. The molecule has 3 aromatic rings. The SMILES string of the molecule is CCN(CC)Cc1sc(Nc2cc(Cl)nc(C)n2)nc1-c1cc(F)cc(C(F)(F)F)c1. The van der Waals surface area contributed by atoms with Crippen LogP contribution >= 0.6 is 22.9 Å². The lowest BCUT2D eigenvalue weighted by Gasteiger charge is -2.17. The molecule has 0 radical (unpaired) electrons. The summed E-state index contributed by atoms with van der Waals surface area (Å²) in [5, 5.41) is 3.67. The second kappa shape index (κ2) is 9.46. The molecule has 0 bridgehead atoms. The van der Waals surface area contributed by atoms with Gasteiger partial charge in [0.2, 0.25) is 0 Å². The standard InChI is InChI=1S/C20H20ClF4N5S/c1-4-30(5-2)10-15-18(12-6-13(20(23,24)25)8-14(22)7-12)29-19(31-15)28-17-9-16(21)26-11(3)27-17/h6-9H,4-5,10H2,1-3H3,(H,26,27,28,29). The van der Waals surface area contributed by atoms with E-state index in [2.05, 4.69) is 25.2 Å². The van der Waals surface area contributed by atoms with Crippen molar-refractivity contribution in [2.24, 2.45) is 0 Å². The molecule has 1 N–H and O–H groups in total. The van der Waals surface area contributed by atoms with E-state index in [0.29, 0.717) is 40.0 Å². The number of aryl methyl sites for hydroxylation is 1. The molecule has 0 unspecified atom stereocenters. The Morgan fingerprint density at radius 3 is 2.39 bits per heavy atom. The van der Waals surface area contributed by atoms with E-state index in [1.165, 1.54) is 17.4 Å². The predicted octanol–water partition coefficient (Wildman–Crippen LogP) is 6.31. The van der Waals surface area contributed by atoms with Gasteiger partial charge in [0.05, 0.1) is 11.3 Å². The van der Waals surface area contributed by atoms with Crippen LogP contribution in [0.1, 0.15) is 30.1 Å². The van der Waals surface area contributed by atoms with Crippen LogP contribution < -0.4 is 5.32 Å². The van der Waals surface area contributed by atoms with Gasteiger partial charge in [0, 0.05) is 23.1 Å². The van der Waals surface area contributed by atoms with E-state index in [0.717, 1.165) is 25.2 Å². The van der Waals surface area contributed by atoms with Gasteiger partial charge in [-0.3, -0.25) is 4.90 Å². The highest BCUT2D eigenvalue weighted by Gasteiger charge is 2.32. The molecule has 0 aliphatic heterocycles. The Morgan fingerprint density at radius 2 is 1.77 bits per heavy atom. The van der Waals surface area contributed by atoms with Crippen molar-refractivity contribution in [3.8, 4) is 11.3 Å². The van der Waals surface area contributed by atoms with E-state index in [4.69, 9.17) is 11.6 Å². The lowest BCUT2D eigenvalue weighted by Crippen LogP contribution is -2.21. The fourth-order valence-corrected chi connectivity index (χ4v) is 4.24. The number of nitrogens with one attached hydrogen (secondary N) is 1. The van der Waals surface area contributed by atoms with Gasteiger partial charge in [-0.1, -0.05) is 36.8 Å². The number of thiazole rings is 1. The zero-order valence-corrected chi connectivity index (χ0v) is 18.6. The van der Waals surface area contributed by atoms with Gasteiger partial charge >= 0.3 is 6.18 Å². The minimum atomic E-state index is -4.66. The van der Waals surface area contributed by atoms with Gasteiger partial charge in [0.15, 0.2) is 5.13 Å². The Morgan fingerprint density at radius 1 is 1.06 bits per heavy atom. The molecule has 2 aromatic heterocycles. The average molecular weight is 474 g/mol. The summed E-state index contributed by atoms with van der Waals surface area (Å²) in [6.45, 7) is 7.60. The largest absolute Gasteiger partial charge is 0.416 e. The van der Waals surface area contributed by atoms with Gasteiger partial charge < -0.3 is 5.32 Å². The molecule has 0 saturated heterocycles. The molecule has 0 saturated carbocycles. The number of hydrogen-bond acceptors (Lipinski definition) is 6. The Hall–Kier alpha value is -2.30. The highest BCUT2D eigenvalue weighted by atomic mass is 35.5. The summed E-state index contributed by atoms with van der Waals surface area (Å²) in [6, 6.07) is 3.97. The third-order valence-electron chi connectivity index (χ3n) is 4.50. The van der Waals surface area contributed by atoms with Crippen LogP contribution in [0.4, 0.5) is 28.5 Å². The maximum Gasteiger partial charge on any atom is 0.416 e. The fourth-order valence-electron chi connectivity index (χ4n) is 2.98. The van der Waals surface area contributed by atoms with Crippen LogP contribution in [-0.4, -0.2) is 32.9 Å². The lowest BCUT2D eigenvalue weighted by molar-refractivity contribution is -0.137. The first kappa shape index (κ1) is 23.4. The maximum absolute atomic E-state index is 14.0. The van der Waals surface area contributed by atoms with Gasteiger partial charge in [-0.05, 0) is 38.2 Å². The maximum atomic E-state index is 14.0. The Bertz CT molecular complexity index is 1050. The third kappa shape index (κ3) is 5.90. The van der Waals surface area contributed by atoms with Crippen LogP contribution in [0.25, 0.3) is 11.3 Å². The summed E-state index contributed by atoms with van der Waals surface area (Å²) in [5.41, 5.74) is -0.700. The van der Waals surface area contributed by atoms with Crippen molar-refractivity contribution in [3.63, 3.8) is 0 Å². The number of hydrogen-bond donors (Lipinski definition) is 1. The third-order valence-corrected chi connectivity index (χ3v) is 5.65. The molecule has 0 aliphatic rings. The number of anilines is 2. The number of benzene rings is 1. The smallest absolute Gasteiger partial charge is 0.316 e. The van der Waals surface area contributed by atoms with Crippen LogP contribution in [0.2, 0.25) is 5.15 Å². The Kier molecular flexibility index (Phi) is 7.13. The van der Waals surface area contributed by atoms with E-state index in [1.807, 2.05) is 13.8 Å². The molecule has 166 valence electrons. The summed E-state index contributed by atoms with van der Waals surface area (Å²) in [5.74, 6) is -0.114. The number of aromatic nitrogens is 3. The molecule has 0 atom stereocenters. The van der Waals surface area contributed by atoms with Gasteiger partial charge in [-0.25, -0.2) is 19.3 Å². The van der Waals surface area contributed by atoms with E-state index in [-0.39, 0.29) is 10.7 Å². The topological polar surface area (TPSA) is 53.9 Å². The lowest BCUT2D eigenvalue weighted by atomic mass is 10.1. The normalized spacial score (nSPS) is 11.9. The summed E-state index contributed by atoms with van der Waals surface area (Å²) < 4.78 is 53.7. The van der Waals surface area contributed by atoms with Crippen LogP contribution in [-0.2, 0) is 12.7 Å². The van der Waals surface area contributed by atoms with Gasteiger partial charge in [-0.15, -0.1) is 0 Å². The van der Waals surface area contributed by atoms with Crippen LogP contribution in [0.5, 0.6) is 0 Å². The van der Waals surface area contributed by atoms with Gasteiger partial charge in [0.1, 0.15) is 22.6 Å². The zero-order chi connectivity index (χ0) is 22.8. The monoisotopic (exact) mass is 473 g/mol. The zero-order valence-electron chi connectivity index (χ0n) is 17.0. The van der Waals surface area contributed by atoms with Crippen molar-refractivity contribution in [3.05, 3.63) is 51.5 Å². The molecule has 3 rings (SSSR count). The van der Waals surface area contributed by atoms with Crippen LogP contribution in [0.3, 0.4) is 0 Å². The molecule has 11 heteroatoms. The molecule has 2 heterocycles. The quantitative estimate of drug-likeness (QED) is 0.322. The number of halogens is 5. The molecule has 0 spiro atoms. The van der Waals surface area contributed by atoms with E-state index >= 15 is 0 Å². The summed E-state index contributed by atoms with van der Waals surface area (Å²) >= 11 is 7.24. The first-order valence-electron chi connectivity index (χ1n) is 9.47. The summed E-state index contributed by atoms with van der Waals surface area (Å²) in [4.78, 5) is 15.5. The van der Waals surface area contributed by atoms with Crippen LogP contribution in [0.15, 0.2) is 24.3 Å². The van der Waals surface area contributed by atoms with Gasteiger partial charge in [0.25, 0.3) is 0 Å². The molecule has 0 aliphatic carbocycles. The highest BCUT2D eigenvalue weighted by molar-refractivity contribution is 7.16. The van der Waals surface area contributed by atoms with E-state index in [1.54, 1.807) is 6.92 Å². The van der Waals surface area contributed by atoms with Crippen molar-refractivity contribution in [2.45, 2.75) is 33.5 Å². The van der Waals surface area contributed by atoms with Crippen molar-refractivity contribution >= 4 is 33.9 Å². The average Bonchev–Trinajstić information content (AvgIpc) is 3.06. The van der Waals surface area contributed by atoms with Gasteiger partial charge in [-0.2, -0.15) is 13.2 Å². The molecule has 31 heavy (non-hydrogen) atoms. The first-order chi connectivity index (χ1) is 14.6. The number of rotatable bonds is 7. The Labute approximate surface area is 186 Å². The second-order valence-electron chi connectivity index (χ2n) is 6.73. The summed E-state index contributed by atoms with van der Waals surface area (Å²) in [7, 11) is 0.